The van der Waals surface area contributed by atoms with Crippen LogP contribution in [0.1, 0.15) is 52.4 Å². The summed E-state index contributed by atoms with van der Waals surface area (Å²) in [6, 6.07) is 1.32. The molecule has 1 aliphatic carbocycles. The predicted molar refractivity (Wildman–Crippen MR) is 78.1 cm³/mol. The van der Waals surface area contributed by atoms with Crippen molar-refractivity contribution in [1.29, 1.82) is 0 Å². The van der Waals surface area contributed by atoms with E-state index in [-0.39, 0.29) is 0 Å². The van der Waals surface area contributed by atoms with Crippen LogP contribution < -0.4 is 5.32 Å². The molecule has 2 unspecified atom stereocenters. The highest BCUT2D eigenvalue weighted by molar-refractivity contribution is 4.84. The van der Waals surface area contributed by atoms with Crippen LogP contribution in [0.3, 0.4) is 0 Å². The van der Waals surface area contributed by atoms with Crippen molar-refractivity contribution < 1.29 is 4.74 Å². The Hall–Kier alpha value is -0.120. The largest absolute Gasteiger partial charge is 0.377 e. The monoisotopic (exact) mass is 256 g/mol. The number of rotatable bonds is 6. The van der Waals surface area contributed by atoms with E-state index in [4.69, 9.17) is 4.74 Å². The summed E-state index contributed by atoms with van der Waals surface area (Å²) in [7, 11) is 4.36. The second-order valence-corrected chi connectivity index (χ2v) is 5.85. The molecule has 0 aliphatic heterocycles. The van der Waals surface area contributed by atoms with Gasteiger partial charge in [-0.15, -0.1) is 0 Å². The molecule has 0 aromatic carbocycles. The van der Waals surface area contributed by atoms with Crippen molar-refractivity contribution in [1.82, 2.24) is 10.2 Å². The molecule has 108 valence electrons. The van der Waals surface area contributed by atoms with Crippen molar-refractivity contribution in [3.8, 4) is 0 Å². The van der Waals surface area contributed by atoms with Gasteiger partial charge >= 0.3 is 0 Å². The first-order valence-corrected chi connectivity index (χ1v) is 7.64. The molecular formula is C15H32N2O. The van der Waals surface area contributed by atoms with Crippen LogP contribution in [-0.2, 0) is 4.74 Å². The lowest BCUT2D eigenvalue weighted by Crippen LogP contribution is -2.49. The van der Waals surface area contributed by atoms with Crippen molar-refractivity contribution in [3.05, 3.63) is 0 Å². The standard InChI is InChI=1S/C15H32N2O/c1-13(2)18-12-11-17(4)15-10-8-6-5-7-9-14(15)16-3/h13-16H,5-12H2,1-4H3. The van der Waals surface area contributed by atoms with E-state index in [1.54, 1.807) is 0 Å². The van der Waals surface area contributed by atoms with Crippen molar-refractivity contribution >= 4 is 0 Å². The van der Waals surface area contributed by atoms with E-state index in [2.05, 4.69) is 38.2 Å². The second-order valence-electron chi connectivity index (χ2n) is 5.85. The van der Waals surface area contributed by atoms with E-state index >= 15 is 0 Å². The Balaban J connectivity index is 2.41. The third-order valence-electron chi connectivity index (χ3n) is 4.06. The number of likely N-dealkylation sites (N-methyl/N-ethyl adjacent to an activating group) is 2. The van der Waals surface area contributed by atoms with Crippen molar-refractivity contribution in [2.24, 2.45) is 0 Å². The van der Waals surface area contributed by atoms with Gasteiger partial charge in [0.05, 0.1) is 12.7 Å². The highest BCUT2D eigenvalue weighted by Gasteiger charge is 2.24. The first-order valence-electron chi connectivity index (χ1n) is 7.64. The number of ether oxygens (including phenoxy) is 1. The van der Waals surface area contributed by atoms with Gasteiger partial charge in [0.15, 0.2) is 0 Å². The number of nitrogens with zero attached hydrogens (tertiary/aromatic N) is 1. The fourth-order valence-electron chi connectivity index (χ4n) is 2.93. The summed E-state index contributed by atoms with van der Waals surface area (Å²) >= 11 is 0. The van der Waals surface area contributed by atoms with Gasteiger partial charge in [-0.25, -0.2) is 0 Å². The van der Waals surface area contributed by atoms with E-state index in [0.29, 0.717) is 18.2 Å². The molecule has 0 saturated heterocycles. The number of nitrogens with one attached hydrogen (secondary N) is 1. The molecule has 0 bridgehead atoms. The summed E-state index contributed by atoms with van der Waals surface area (Å²) in [5.74, 6) is 0. The third kappa shape index (κ3) is 5.68. The van der Waals surface area contributed by atoms with E-state index in [1.165, 1.54) is 38.5 Å². The lowest BCUT2D eigenvalue weighted by Gasteiger charge is -2.36. The van der Waals surface area contributed by atoms with Crippen LogP contribution in [0.4, 0.5) is 0 Å². The maximum atomic E-state index is 5.67. The Morgan fingerprint density at radius 2 is 1.83 bits per heavy atom. The zero-order valence-corrected chi connectivity index (χ0v) is 12.7. The van der Waals surface area contributed by atoms with Crippen LogP contribution >= 0.6 is 0 Å². The zero-order valence-electron chi connectivity index (χ0n) is 12.7. The van der Waals surface area contributed by atoms with Crippen LogP contribution in [0, 0.1) is 0 Å². The quantitative estimate of drug-likeness (QED) is 0.791. The molecule has 0 aromatic heterocycles. The maximum Gasteiger partial charge on any atom is 0.0596 e. The van der Waals surface area contributed by atoms with Gasteiger partial charge in [0.2, 0.25) is 0 Å². The van der Waals surface area contributed by atoms with Crippen LogP contribution in [0.2, 0.25) is 0 Å². The lowest BCUT2D eigenvalue weighted by atomic mass is 9.91. The van der Waals surface area contributed by atoms with Crippen LogP contribution in [0.5, 0.6) is 0 Å². The second kappa shape index (κ2) is 8.89. The normalized spacial score (nSPS) is 26.3. The highest BCUT2D eigenvalue weighted by Crippen LogP contribution is 2.21. The molecule has 0 spiro atoms. The van der Waals surface area contributed by atoms with E-state index < -0.39 is 0 Å². The van der Waals surface area contributed by atoms with Gasteiger partial charge in [-0.2, -0.15) is 0 Å². The molecule has 3 heteroatoms. The molecule has 0 heterocycles. The van der Waals surface area contributed by atoms with Crippen LogP contribution in [-0.4, -0.2) is 50.3 Å². The molecule has 18 heavy (non-hydrogen) atoms. The minimum Gasteiger partial charge on any atom is -0.377 e. The predicted octanol–water partition coefficient (Wildman–Crippen LogP) is 2.65. The van der Waals surface area contributed by atoms with Crippen molar-refractivity contribution in [3.63, 3.8) is 0 Å². The molecule has 1 saturated carbocycles. The van der Waals surface area contributed by atoms with Gasteiger partial charge in [-0.05, 0) is 40.8 Å². The Labute approximate surface area is 113 Å². The molecule has 1 rings (SSSR count). The summed E-state index contributed by atoms with van der Waals surface area (Å²) in [5, 5.41) is 3.52. The molecule has 1 fully saturated rings. The Morgan fingerprint density at radius 1 is 1.17 bits per heavy atom. The Morgan fingerprint density at radius 3 is 2.44 bits per heavy atom. The SMILES string of the molecule is CNC1CCCCCCC1N(C)CCOC(C)C. The Bertz CT molecular complexity index is 209. The summed E-state index contributed by atoms with van der Waals surface area (Å²) in [6.45, 7) is 6.10. The van der Waals surface area contributed by atoms with Crippen molar-refractivity contribution in [2.45, 2.75) is 70.6 Å². The molecular weight excluding hydrogens is 224 g/mol. The summed E-state index contributed by atoms with van der Waals surface area (Å²) in [5.41, 5.74) is 0. The average molecular weight is 256 g/mol. The van der Waals surface area contributed by atoms with Gasteiger partial charge in [-0.3, -0.25) is 4.90 Å². The van der Waals surface area contributed by atoms with Gasteiger partial charge in [0, 0.05) is 18.6 Å². The molecule has 0 aromatic rings. The first-order chi connectivity index (χ1) is 8.65. The Kier molecular flexibility index (Phi) is 7.87. The van der Waals surface area contributed by atoms with E-state index in [0.717, 1.165) is 13.2 Å². The van der Waals surface area contributed by atoms with Gasteiger partial charge in [0.25, 0.3) is 0 Å². The van der Waals surface area contributed by atoms with Gasteiger partial charge < -0.3 is 10.1 Å². The first kappa shape index (κ1) is 15.9. The average Bonchev–Trinajstić information content (AvgIpc) is 2.28. The van der Waals surface area contributed by atoms with Crippen LogP contribution in [0.25, 0.3) is 0 Å². The van der Waals surface area contributed by atoms with Gasteiger partial charge in [-0.1, -0.05) is 25.7 Å². The van der Waals surface area contributed by atoms with E-state index in [1.807, 2.05) is 0 Å². The molecule has 2 atom stereocenters. The van der Waals surface area contributed by atoms with Crippen LogP contribution in [0.15, 0.2) is 0 Å². The fourth-order valence-corrected chi connectivity index (χ4v) is 2.93. The smallest absolute Gasteiger partial charge is 0.0596 e. The van der Waals surface area contributed by atoms with Gasteiger partial charge in [0.1, 0.15) is 0 Å². The molecule has 0 radical (unpaired) electrons. The third-order valence-corrected chi connectivity index (χ3v) is 4.06. The molecule has 0 amide bonds. The topological polar surface area (TPSA) is 24.5 Å². The number of hydrogen-bond donors (Lipinski definition) is 1. The molecule has 3 nitrogen and oxygen atoms in total. The highest BCUT2D eigenvalue weighted by atomic mass is 16.5. The van der Waals surface area contributed by atoms with Crippen molar-refractivity contribution in [2.75, 3.05) is 27.2 Å². The zero-order chi connectivity index (χ0) is 13.4. The molecule has 1 aliphatic rings. The molecule has 1 N–H and O–H groups in total. The fraction of sp³-hybridized carbons (Fsp3) is 1.00. The summed E-state index contributed by atoms with van der Waals surface area (Å²) < 4.78 is 5.67. The minimum atomic E-state index is 0.343. The summed E-state index contributed by atoms with van der Waals surface area (Å²) in [6.07, 6.45) is 8.54. The number of hydrogen-bond acceptors (Lipinski definition) is 3. The summed E-state index contributed by atoms with van der Waals surface area (Å²) in [4.78, 5) is 2.49. The minimum absolute atomic E-state index is 0.343. The van der Waals surface area contributed by atoms with E-state index in [9.17, 15) is 0 Å². The lowest BCUT2D eigenvalue weighted by molar-refractivity contribution is 0.0486. The maximum absolute atomic E-state index is 5.67.